The van der Waals surface area contributed by atoms with Crippen molar-refractivity contribution < 1.29 is 23.9 Å². The molecule has 2 N–H and O–H groups in total. The summed E-state index contributed by atoms with van der Waals surface area (Å²) in [5, 5.41) is 11.3. The number of halogens is 2. The van der Waals surface area contributed by atoms with Crippen molar-refractivity contribution in [2.45, 2.75) is 46.1 Å². The van der Waals surface area contributed by atoms with E-state index >= 15 is 0 Å². The third kappa shape index (κ3) is 7.34. The van der Waals surface area contributed by atoms with Gasteiger partial charge in [0.1, 0.15) is 17.6 Å². The van der Waals surface area contributed by atoms with Crippen molar-refractivity contribution in [1.82, 2.24) is 5.32 Å². The number of nitrogens with one attached hydrogen (secondary N) is 1. The average Bonchev–Trinajstić information content (AvgIpc) is 2.48. The van der Waals surface area contributed by atoms with E-state index in [1.54, 1.807) is 6.07 Å². The van der Waals surface area contributed by atoms with E-state index in [4.69, 9.17) is 5.11 Å². The number of ketones is 1. The SMILES string of the molecule is CC(C)C[C@H](CC(=O)Cc1ccc(Br)cc1F)C(=O)N[C@@H](C)C(=O)O. The molecule has 7 heteroatoms. The van der Waals surface area contributed by atoms with Crippen LogP contribution in [0.1, 0.15) is 39.2 Å². The van der Waals surface area contributed by atoms with Crippen molar-refractivity contribution in [3.05, 3.63) is 34.1 Å². The fourth-order valence-electron chi connectivity index (χ4n) is 2.47. The second-order valence-electron chi connectivity index (χ2n) is 6.55. The molecular formula is C18H23BrFNO4. The van der Waals surface area contributed by atoms with Crippen LogP contribution in [0.4, 0.5) is 4.39 Å². The van der Waals surface area contributed by atoms with Gasteiger partial charge in [0.05, 0.1) is 0 Å². The first kappa shape index (κ1) is 21.3. The number of hydrogen-bond donors (Lipinski definition) is 2. The molecule has 0 spiro atoms. The van der Waals surface area contributed by atoms with Crippen LogP contribution in [0.15, 0.2) is 22.7 Å². The zero-order valence-electron chi connectivity index (χ0n) is 14.5. The lowest BCUT2D eigenvalue weighted by Gasteiger charge is -2.20. The number of carboxylic acids is 1. The molecule has 1 amide bonds. The second kappa shape index (κ2) is 9.65. The van der Waals surface area contributed by atoms with E-state index in [9.17, 15) is 18.8 Å². The number of amides is 1. The van der Waals surface area contributed by atoms with Crippen LogP contribution in [0, 0.1) is 17.7 Å². The smallest absolute Gasteiger partial charge is 0.325 e. The highest BCUT2D eigenvalue weighted by atomic mass is 79.9. The normalized spacial score (nSPS) is 13.4. The van der Waals surface area contributed by atoms with E-state index in [0.717, 1.165) is 0 Å². The van der Waals surface area contributed by atoms with Gasteiger partial charge in [0.25, 0.3) is 0 Å². The first-order chi connectivity index (χ1) is 11.6. The molecule has 1 rings (SSSR count). The molecule has 0 aliphatic heterocycles. The van der Waals surface area contributed by atoms with Crippen molar-refractivity contribution in [3.8, 4) is 0 Å². The predicted molar refractivity (Wildman–Crippen MR) is 95.6 cm³/mol. The Morgan fingerprint density at radius 3 is 2.40 bits per heavy atom. The van der Waals surface area contributed by atoms with Gasteiger partial charge in [-0.25, -0.2) is 4.39 Å². The van der Waals surface area contributed by atoms with Gasteiger partial charge in [-0.2, -0.15) is 0 Å². The van der Waals surface area contributed by atoms with Gasteiger partial charge in [-0.3, -0.25) is 14.4 Å². The molecule has 1 aromatic carbocycles. The van der Waals surface area contributed by atoms with E-state index in [1.165, 1.54) is 19.1 Å². The van der Waals surface area contributed by atoms with Gasteiger partial charge in [0.15, 0.2) is 0 Å². The Bertz CT molecular complexity index is 648. The summed E-state index contributed by atoms with van der Waals surface area (Å²) in [6.07, 6.45) is 0.300. The van der Waals surface area contributed by atoms with Gasteiger partial charge < -0.3 is 10.4 Å². The van der Waals surface area contributed by atoms with Gasteiger partial charge in [-0.15, -0.1) is 0 Å². The molecule has 2 atom stereocenters. The van der Waals surface area contributed by atoms with Crippen LogP contribution in [0.25, 0.3) is 0 Å². The number of hydrogen-bond acceptors (Lipinski definition) is 3. The lowest BCUT2D eigenvalue weighted by molar-refractivity contribution is -0.142. The number of carboxylic acid groups (broad SMARTS) is 1. The second-order valence-corrected chi connectivity index (χ2v) is 7.47. The highest BCUT2D eigenvalue weighted by Gasteiger charge is 2.26. The molecule has 0 saturated heterocycles. The summed E-state index contributed by atoms with van der Waals surface area (Å²) in [6, 6.07) is 3.44. The number of rotatable bonds is 9. The number of Topliss-reactive ketones (excluding diaryl/α,β-unsaturated/α-hetero) is 1. The fraction of sp³-hybridized carbons (Fsp3) is 0.500. The zero-order chi connectivity index (χ0) is 19.1. The molecule has 0 saturated carbocycles. The summed E-state index contributed by atoms with van der Waals surface area (Å²) in [5.74, 6) is -2.81. The van der Waals surface area contributed by atoms with Gasteiger partial charge in [0.2, 0.25) is 5.91 Å². The Balaban J connectivity index is 2.77. The molecule has 0 aliphatic rings. The summed E-state index contributed by atoms with van der Waals surface area (Å²) >= 11 is 3.16. The van der Waals surface area contributed by atoms with Crippen molar-refractivity contribution in [2.75, 3.05) is 0 Å². The molecule has 0 aromatic heterocycles. The molecule has 25 heavy (non-hydrogen) atoms. The number of carbonyl (C=O) groups is 3. The van der Waals surface area contributed by atoms with E-state index < -0.39 is 29.7 Å². The van der Waals surface area contributed by atoms with Crippen molar-refractivity contribution in [2.24, 2.45) is 11.8 Å². The quantitative estimate of drug-likeness (QED) is 0.647. The Hall–Kier alpha value is -1.76. The minimum absolute atomic E-state index is 0.0497. The van der Waals surface area contributed by atoms with E-state index in [2.05, 4.69) is 21.2 Å². The predicted octanol–water partition coefficient (Wildman–Crippen LogP) is 3.34. The third-order valence-electron chi connectivity index (χ3n) is 3.73. The molecule has 0 heterocycles. The first-order valence-corrected chi connectivity index (χ1v) is 8.88. The number of aliphatic carboxylic acids is 1. The maximum atomic E-state index is 13.9. The van der Waals surface area contributed by atoms with Gasteiger partial charge in [-0.05, 0) is 37.0 Å². The molecule has 1 aromatic rings. The van der Waals surface area contributed by atoms with E-state index in [1.807, 2.05) is 13.8 Å². The summed E-state index contributed by atoms with van der Waals surface area (Å²) in [6.45, 7) is 5.20. The van der Waals surface area contributed by atoms with Crippen LogP contribution < -0.4 is 5.32 Å². The maximum absolute atomic E-state index is 13.9. The van der Waals surface area contributed by atoms with Crippen LogP contribution in [0.2, 0.25) is 0 Å². The van der Waals surface area contributed by atoms with Crippen LogP contribution in [-0.4, -0.2) is 28.8 Å². The molecular weight excluding hydrogens is 393 g/mol. The van der Waals surface area contributed by atoms with Gasteiger partial charge in [0, 0.05) is 23.2 Å². The zero-order valence-corrected chi connectivity index (χ0v) is 16.1. The van der Waals surface area contributed by atoms with Crippen molar-refractivity contribution in [1.29, 1.82) is 0 Å². The van der Waals surface area contributed by atoms with E-state index in [0.29, 0.717) is 10.9 Å². The lowest BCUT2D eigenvalue weighted by atomic mass is 9.90. The molecule has 0 aliphatic carbocycles. The summed E-state index contributed by atoms with van der Waals surface area (Å²) < 4.78 is 14.4. The average molecular weight is 416 g/mol. The summed E-state index contributed by atoms with van der Waals surface area (Å²) in [5.41, 5.74) is 0.274. The summed E-state index contributed by atoms with van der Waals surface area (Å²) in [4.78, 5) is 35.5. The monoisotopic (exact) mass is 415 g/mol. The fourth-order valence-corrected chi connectivity index (χ4v) is 2.80. The highest BCUT2D eigenvalue weighted by Crippen LogP contribution is 2.20. The standard InChI is InChI=1S/C18H23BrFNO4/c1-10(2)6-13(17(23)21-11(3)18(24)25)8-15(22)7-12-4-5-14(19)9-16(12)20/h4-5,9-11,13H,6-8H2,1-3H3,(H,21,23)(H,24,25)/t11-,13+/m0/s1. The number of benzene rings is 1. The topological polar surface area (TPSA) is 83.5 Å². The lowest BCUT2D eigenvalue weighted by Crippen LogP contribution is -2.42. The van der Waals surface area contributed by atoms with Crippen molar-refractivity contribution >= 4 is 33.6 Å². The Kier molecular flexibility index (Phi) is 8.22. The van der Waals surface area contributed by atoms with Crippen LogP contribution >= 0.6 is 15.9 Å². The van der Waals surface area contributed by atoms with E-state index in [-0.39, 0.29) is 30.1 Å². The Labute approximate surface area is 155 Å². The Morgan fingerprint density at radius 2 is 1.88 bits per heavy atom. The molecule has 0 fully saturated rings. The summed E-state index contributed by atoms with van der Waals surface area (Å²) in [7, 11) is 0. The molecule has 0 radical (unpaired) electrons. The van der Waals surface area contributed by atoms with Gasteiger partial charge >= 0.3 is 5.97 Å². The first-order valence-electron chi connectivity index (χ1n) is 8.09. The minimum Gasteiger partial charge on any atom is -0.480 e. The molecule has 138 valence electrons. The number of carbonyl (C=O) groups excluding carboxylic acids is 2. The van der Waals surface area contributed by atoms with Crippen LogP contribution in [0.5, 0.6) is 0 Å². The van der Waals surface area contributed by atoms with Gasteiger partial charge in [-0.1, -0.05) is 35.8 Å². The third-order valence-corrected chi connectivity index (χ3v) is 4.23. The molecule has 0 bridgehead atoms. The molecule has 0 unspecified atom stereocenters. The highest BCUT2D eigenvalue weighted by molar-refractivity contribution is 9.10. The van der Waals surface area contributed by atoms with Crippen molar-refractivity contribution in [3.63, 3.8) is 0 Å². The van der Waals surface area contributed by atoms with Crippen LogP contribution in [-0.2, 0) is 20.8 Å². The minimum atomic E-state index is -1.14. The molecule has 5 nitrogen and oxygen atoms in total. The Morgan fingerprint density at radius 1 is 1.24 bits per heavy atom. The largest absolute Gasteiger partial charge is 0.480 e. The van der Waals surface area contributed by atoms with Crippen LogP contribution in [0.3, 0.4) is 0 Å². The maximum Gasteiger partial charge on any atom is 0.325 e.